The third-order valence-corrected chi connectivity index (χ3v) is 5.48. The van der Waals surface area contributed by atoms with Crippen LogP contribution in [0.3, 0.4) is 0 Å². The van der Waals surface area contributed by atoms with Gasteiger partial charge in [0.05, 0.1) is 0 Å². The molecule has 2 rings (SSSR count). The molecule has 2 fully saturated rings. The third-order valence-electron chi connectivity index (χ3n) is 5.48. The van der Waals surface area contributed by atoms with E-state index in [9.17, 15) is 0 Å². The maximum Gasteiger partial charge on any atom is 0.193 e. The second kappa shape index (κ2) is 11.6. The second-order valence-electron chi connectivity index (χ2n) is 7.91. The molecule has 24 heavy (non-hydrogen) atoms. The van der Waals surface area contributed by atoms with Gasteiger partial charge in [-0.25, -0.2) is 0 Å². The van der Waals surface area contributed by atoms with Crippen LogP contribution in [-0.4, -0.2) is 61.6 Å². The third kappa shape index (κ3) is 7.06. The van der Waals surface area contributed by atoms with E-state index in [4.69, 9.17) is 0 Å². The quantitative estimate of drug-likeness (QED) is 0.299. The van der Waals surface area contributed by atoms with Crippen LogP contribution in [0.5, 0.6) is 0 Å². The minimum atomic E-state index is 0. The summed E-state index contributed by atoms with van der Waals surface area (Å²) in [5.74, 6) is 2.66. The number of aliphatic imine (C=N–C) groups is 1. The van der Waals surface area contributed by atoms with Gasteiger partial charge in [0.25, 0.3) is 0 Å². The van der Waals surface area contributed by atoms with Gasteiger partial charge >= 0.3 is 0 Å². The van der Waals surface area contributed by atoms with E-state index in [1.54, 1.807) is 0 Å². The second-order valence-corrected chi connectivity index (χ2v) is 7.91. The standard InChI is InChI=1S/C19H38N4.HI/c1-16-13-17(2)15-23(14-16)19(20-4)21-10-6-8-12-22-11-7-5-9-18(22)3;/h16-18H,5-15H2,1-4H3,(H,20,21);1H. The topological polar surface area (TPSA) is 30.9 Å². The zero-order chi connectivity index (χ0) is 16.7. The lowest BCUT2D eigenvalue weighted by Gasteiger charge is -2.37. The molecule has 3 unspecified atom stereocenters. The zero-order valence-electron chi connectivity index (χ0n) is 16.3. The van der Waals surface area contributed by atoms with Gasteiger partial charge in [0, 0.05) is 32.7 Å². The largest absolute Gasteiger partial charge is 0.356 e. The Hall–Kier alpha value is -0.0400. The first-order chi connectivity index (χ1) is 11.1. The predicted molar refractivity (Wildman–Crippen MR) is 115 cm³/mol. The number of hydrogen-bond acceptors (Lipinski definition) is 2. The van der Waals surface area contributed by atoms with Crippen molar-refractivity contribution in [3.63, 3.8) is 0 Å². The summed E-state index contributed by atoms with van der Waals surface area (Å²) in [7, 11) is 1.92. The Bertz CT molecular complexity index is 364. The molecule has 3 atom stereocenters. The summed E-state index contributed by atoms with van der Waals surface area (Å²) in [6.07, 6.45) is 8.07. The maximum atomic E-state index is 4.50. The average molecular weight is 450 g/mol. The highest BCUT2D eigenvalue weighted by molar-refractivity contribution is 14.0. The Morgan fingerprint density at radius 2 is 1.79 bits per heavy atom. The zero-order valence-corrected chi connectivity index (χ0v) is 18.6. The van der Waals surface area contributed by atoms with E-state index in [0.717, 1.165) is 43.5 Å². The molecular weight excluding hydrogens is 411 g/mol. The first-order valence-corrected chi connectivity index (χ1v) is 9.79. The molecule has 0 amide bonds. The first-order valence-electron chi connectivity index (χ1n) is 9.79. The van der Waals surface area contributed by atoms with Gasteiger partial charge in [-0.05, 0) is 64.0 Å². The van der Waals surface area contributed by atoms with E-state index in [1.807, 2.05) is 7.05 Å². The number of likely N-dealkylation sites (tertiary alicyclic amines) is 2. The van der Waals surface area contributed by atoms with Gasteiger partial charge in [-0.15, -0.1) is 24.0 Å². The number of rotatable bonds is 5. The minimum absolute atomic E-state index is 0. The summed E-state index contributed by atoms with van der Waals surface area (Å²) in [5, 5.41) is 3.59. The molecule has 0 bridgehead atoms. The average Bonchev–Trinajstić information content (AvgIpc) is 2.51. The molecule has 0 aromatic rings. The van der Waals surface area contributed by atoms with Crippen LogP contribution in [0, 0.1) is 11.8 Å². The van der Waals surface area contributed by atoms with Crippen LogP contribution in [-0.2, 0) is 0 Å². The number of unbranched alkanes of at least 4 members (excludes halogenated alkanes) is 1. The van der Waals surface area contributed by atoms with Crippen molar-refractivity contribution in [2.24, 2.45) is 16.8 Å². The smallest absolute Gasteiger partial charge is 0.193 e. The number of guanidine groups is 1. The first kappa shape index (κ1) is 22.0. The summed E-state index contributed by atoms with van der Waals surface area (Å²) in [4.78, 5) is 9.62. The summed E-state index contributed by atoms with van der Waals surface area (Å²) in [5.41, 5.74) is 0. The normalized spacial score (nSPS) is 29.2. The van der Waals surface area contributed by atoms with Gasteiger partial charge in [0.1, 0.15) is 0 Å². The monoisotopic (exact) mass is 450 g/mol. The van der Waals surface area contributed by atoms with Gasteiger partial charge in [-0.1, -0.05) is 20.3 Å². The SMILES string of the molecule is CN=C(NCCCCN1CCCCC1C)N1CC(C)CC(C)C1.I. The van der Waals surface area contributed by atoms with Crippen molar-refractivity contribution >= 4 is 29.9 Å². The molecule has 2 heterocycles. The van der Waals surface area contributed by atoms with Gasteiger partial charge < -0.3 is 15.1 Å². The fraction of sp³-hybridized carbons (Fsp3) is 0.947. The molecular formula is C19H39IN4. The Balaban J connectivity index is 0.00000288. The van der Waals surface area contributed by atoms with Crippen molar-refractivity contribution in [2.75, 3.05) is 39.8 Å². The summed E-state index contributed by atoms with van der Waals surface area (Å²) in [6, 6.07) is 0.792. The maximum absolute atomic E-state index is 4.50. The van der Waals surface area contributed by atoms with Crippen molar-refractivity contribution in [1.82, 2.24) is 15.1 Å². The van der Waals surface area contributed by atoms with E-state index in [2.05, 4.69) is 40.9 Å². The van der Waals surface area contributed by atoms with Crippen LogP contribution in [0.1, 0.15) is 59.3 Å². The highest BCUT2D eigenvalue weighted by Gasteiger charge is 2.23. The van der Waals surface area contributed by atoms with Crippen LogP contribution in [0.4, 0.5) is 0 Å². The van der Waals surface area contributed by atoms with Crippen LogP contribution in [0.15, 0.2) is 4.99 Å². The molecule has 142 valence electrons. The molecule has 0 saturated carbocycles. The van der Waals surface area contributed by atoms with Crippen LogP contribution >= 0.6 is 24.0 Å². The fourth-order valence-corrected chi connectivity index (χ4v) is 4.30. The molecule has 1 N–H and O–H groups in total. The molecule has 0 aliphatic carbocycles. The molecule has 2 aliphatic rings. The molecule has 2 saturated heterocycles. The van der Waals surface area contributed by atoms with E-state index >= 15 is 0 Å². The Morgan fingerprint density at radius 3 is 2.42 bits per heavy atom. The van der Waals surface area contributed by atoms with Crippen molar-refractivity contribution in [1.29, 1.82) is 0 Å². The van der Waals surface area contributed by atoms with E-state index < -0.39 is 0 Å². The van der Waals surface area contributed by atoms with Crippen LogP contribution in [0.2, 0.25) is 0 Å². The highest BCUT2D eigenvalue weighted by atomic mass is 127. The number of nitrogens with zero attached hydrogens (tertiary/aromatic N) is 3. The van der Waals surface area contributed by atoms with Gasteiger partial charge in [-0.3, -0.25) is 4.99 Å². The van der Waals surface area contributed by atoms with E-state index in [-0.39, 0.29) is 24.0 Å². The Morgan fingerprint density at radius 1 is 1.08 bits per heavy atom. The Kier molecular flexibility index (Phi) is 10.6. The van der Waals surface area contributed by atoms with Crippen molar-refractivity contribution in [3.8, 4) is 0 Å². The van der Waals surface area contributed by atoms with Gasteiger partial charge in [0.2, 0.25) is 0 Å². The van der Waals surface area contributed by atoms with Crippen molar-refractivity contribution in [3.05, 3.63) is 0 Å². The lowest BCUT2D eigenvalue weighted by atomic mass is 9.92. The molecule has 2 aliphatic heterocycles. The molecule has 0 spiro atoms. The van der Waals surface area contributed by atoms with E-state index in [0.29, 0.717) is 0 Å². The summed E-state index contributed by atoms with van der Waals surface area (Å²) in [6.45, 7) is 13.0. The lowest BCUT2D eigenvalue weighted by Crippen LogP contribution is -2.48. The summed E-state index contributed by atoms with van der Waals surface area (Å²) >= 11 is 0. The number of hydrogen-bond donors (Lipinski definition) is 1. The van der Waals surface area contributed by atoms with Crippen LogP contribution in [0.25, 0.3) is 0 Å². The van der Waals surface area contributed by atoms with Gasteiger partial charge in [-0.2, -0.15) is 0 Å². The highest BCUT2D eigenvalue weighted by Crippen LogP contribution is 2.21. The van der Waals surface area contributed by atoms with Crippen molar-refractivity contribution in [2.45, 2.75) is 65.3 Å². The number of halogens is 1. The van der Waals surface area contributed by atoms with Crippen molar-refractivity contribution < 1.29 is 0 Å². The Labute approximate surface area is 166 Å². The molecule has 0 aromatic heterocycles. The summed E-state index contributed by atoms with van der Waals surface area (Å²) < 4.78 is 0. The lowest BCUT2D eigenvalue weighted by molar-refractivity contribution is 0.158. The predicted octanol–water partition coefficient (Wildman–Crippen LogP) is 3.81. The fourth-order valence-electron chi connectivity index (χ4n) is 4.30. The molecule has 0 radical (unpaired) electrons. The molecule has 4 nitrogen and oxygen atoms in total. The minimum Gasteiger partial charge on any atom is -0.356 e. The number of piperidine rings is 2. The van der Waals surface area contributed by atoms with Gasteiger partial charge in [0.15, 0.2) is 5.96 Å². The molecule has 0 aromatic carbocycles. The molecule has 5 heteroatoms. The van der Waals surface area contributed by atoms with E-state index in [1.165, 1.54) is 51.6 Å². The number of nitrogens with one attached hydrogen (secondary N) is 1. The van der Waals surface area contributed by atoms with Crippen LogP contribution < -0.4 is 5.32 Å².